The number of benzene rings is 3. The number of fused-ring (bicyclic) bond motifs is 1. The molecule has 0 amide bonds. The molecular weight excluding hydrogens is 340 g/mol. The largest absolute Gasteiger partial charge is 0.460 e. The monoisotopic (exact) mass is 356 g/mol. The molecule has 4 aromatic rings. The Morgan fingerprint density at radius 3 is 2.26 bits per heavy atom. The van der Waals surface area contributed by atoms with Crippen LogP contribution in [0.4, 0.5) is 0 Å². The van der Waals surface area contributed by atoms with Gasteiger partial charge < -0.3 is 9.15 Å². The average molecular weight is 356 g/mol. The summed E-state index contributed by atoms with van der Waals surface area (Å²) in [5, 5.41) is 0.443. The predicted octanol–water partition coefficient (Wildman–Crippen LogP) is 4.99. The zero-order valence-electron chi connectivity index (χ0n) is 14.6. The second kappa shape index (κ2) is 6.92. The van der Waals surface area contributed by atoms with E-state index in [2.05, 4.69) is 0 Å². The molecule has 0 aliphatic carbocycles. The Balaban J connectivity index is 1.74. The van der Waals surface area contributed by atoms with E-state index < -0.39 is 5.97 Å². The maximum atomic E-state index is 12.9. The predicted molar refractivity (Wildman–Crippen MR) is 104 cm³/mol. The van der Waals surface area contributed by atoms with E-state index in [4.69, 9.17) is 9.15 Å². The molecule has 0 saturated heterocycles. The summed E-state index contributed by atoms with van der Waals surface area (Å²) < 4.78 is 11.3. The highest BCUT2D eigenvalue weighted by atomic mass is 16.5. The molecule has 0 saturated carbocycles. The summed E-state index contributed by atoms with van der Waals surface area (Å²) in [6.45, 7) is 1.76. The number of ether oxygens (including phenoxy) is 1. The van der Waals surface area contributed by atoms with E-state index in [-0.39, 0.29) is 5.43 Å². The SMILES string of the molecule is Cc1oc2cc(OC(=O)c3ccccc3)ccc2c(=O)c1-c1ccccc1. The molecule has 1 aromatic heterocycles. The van der Waals surface area contributed by atoms with Crippen molar-refractivity contribution < 1.29 is 13.9 Å². The van der Waals surface area contributed by atoms with Crippen LogP contribution in [0.3, 0.4) is 0 Å². The molecule has 0 bridgehead atoms. The lowest BCUT2D eigenvalue weighted by Crippen LogP contribution is -2.10. The molecule has 4 heteroatoms. The fraction of sp³-hybridized carbons (Fsp3) is 0.0435. The van der Waals surface area contributed by atoms with Gasteiger partial charge in [-0.3, -0.25) is 4.79 Å². The van der Waals surface area contributed by atoms with Gasteiger partial charge in [-0.15, -0.1) is 0 Å². The number of esters is 1. The summed E-state index contributed by atoms with van der Waals surface area (Å²) in [6.07, 6.45) is 0. The van der Waals surface area contributed by atoms with Crippen LogP contribution in [0.15, 0.2) is 88.1 Å². The summed E-state index contributed by atoms with van der Waals surface area (Å²) in [6, 6.07) is 22.9. The number of carbonyl (C=O) groups is 1. The van der Waals surface area contributed by atoms with Crippen LogP contribution < -0.4 is 10.2 Å². The first-order chi connectivity index (χ1) is 13.1. The van der Waals surface area contributed by atoms with Crippen LogP contribution in [0.2, 0.25) is 0 Å². The number of rotatable bonds is 3. The summed E-state index contributed by atoms with van der Waals surface area (Å²) in [4.78, 5) is 25.1. The molecule has 1 heterocycles. The Bertz CT molecular complexity index is 1180. The van der Waals surface area contributed by atoms with Crippen molar-refractivity contribution in [1.29, 1.82) is 0 Å². The molecular formula is C23H16O4. The molecule has 0 aliphatic rings. The van der Waals surface area contributed by atoms with Crippen LogP contribution in [0.25, 0.3) is 22.1 Å². The first kappa shape index (κ1) is 16.8. The van der Waals surface area contributed by atoms with Crippen molar-refractivity contribution in [2.45, 2.75) is 6.92 Å². The van der Waals surface area contributed by atoms with Gasteiger partial charge in [0.1, 0.15) is 17.1 Å². The Kier molecular flexibility index (Phi) is 4.30. The van der Waals surface area contributed by atoms with Crippen molar-refractivity contribution in [2.24, 2.45) is 0 Å². The molecule has 3 aromatic carbocycles. The van der Waals surface area contributed by atoms with E-state index in [9.17, 15) is 9.59 Å². The summed E-state index contributed by atoms with van der Waals surface area (Å²) in [5.74, 6) is 0.381. The highest BCUT2D eigenvalue weighted by molar-refractivity contribution is 5.91. The van der Waals surface area contributed by atoms with E-state index in [1.54, 1.807) is 49.4 Å². The summed E-state index contributed by atoms with van der Waals surface area (Å²) in [7, 11) is 0. The van der Waals surface area contributed by atoms with Gasteiger partial charge >= 0.3 is 5.97 Å². The second-order valence-electron chi connectivity index (χ2n) is 6.14. The highest BCUT2D eigenvalue weighted by Crippen LogP contribution is 2.26. The van der Waals surface area contributed by atoms with Crippen LogP contribution in [-0.4, -0.2) is 5.97 Å². The van der Waals surface area contributed by atoms with Gasteiger partial charge in [0.25, 0.3) is 0 Å². The Hall–Kier alpha value is -3.66. The number of carbonyl (C=O) groups excluding carboxylic acids is 1. The minimum Gasteiger partial charge on any atom is -0.460 e. The van der Waals surface area contributed by atoms with Crippen LogP contribution in [0, 0.1) is 6.92 Å². The van der Waals surface area contributed by atoms with E-state index in [0.717, 1.165) is 5.56 Å². The molecule has 132 valence electrons. The maximum absolute atomic E-state index is 12.9. The minimum atomic E-state index is -0.463. The molecule has 0 N–H and O–H groups in total. The lowest BCUT2D eigenvalue weighted by atomic mass is 10.0. The molecule has 0 radical (unpaired) electrons. The Morgan fingerprint density at radius 2 is 1.56 bits per heavy atom. The summed E-state index contributed by atoms with van der Waals surface area (Å²) >= 11 is 0. The van der Waals surface area contributed by atoms with Gasteiger partial charge in [0.2, 0.25) is 5.43 Å². The van der Waals surface area contributed by atoms with Gasteiger partial charge in [-0.2, -0.15) is 0 Å². The second-order valence-corrected chi connectivity index (χ2v) is 6.14. The molecule has 27 heavy (non-hydrogen) atoms. The fourth-order valence-corrected chi connectivity index (χ4v) is 3.03. The molecule has 4 rings (SSSR count). The normalized spacial score (nSPS) is 10.7. The molecule has 0 atom stereocenters. The van der Waals surface area contributed by atoms with E-state index in [1.807, 2.05) is 36.4 Å². The first-order valence-corrected chi connectivity index (χ1v) is 8.53. The van der Waals surface area contributed by atoms with Crippen molar-refractivity contribution in [2.75, 3.05) is 0 Å². The van der Waals surface area contributed by atoms with Crippen molar-refractivity contribution in [3.63, 3.8) is 0 Å². The molecule has 0 aliphatic heterocycles. The van der Waals surface area contributed by atoms with E-state index in [1.165, 1.54) is 0 Å². The quantitative estimate of drug-likeness (QED) is 0.383. The van der Waals surface area contributed by atoms with Gasteiger partial charge in [0.15, 0.2) is 0 Å². The van der Waals surface area contributed by atoms with Crippen LogP contribution in [0.5, 0.6) is 5.75 Å². The van der Waals surface area contributed by atoms with Crippen molar-refractivity contribution >= 4 is 16.9 Å². The minimum absolute atomic E-state index is 0.110. The van der Waals surface area contributed by atoms with E-state index in [0.29, 0.717) is 33.6 Å². The fourth-order valence-electron chi connectivity index (χ4n) is 3.03. The summed E-state index contributed by atoms with van der Waals surface area (Å²) in [5.41, 5.74) is 2.08. The van der Waals surface area contributed by atoms with Gasteiger partial charge in [0, 0.05) is 6.07 Å². The Morgan fingerprint density at radius 1 is 0.889 bits per heavy atom. The van der Waals surface area contributed by atoms with Crippen molar-refractivity contribution in [1.82, 2.24) is 0 Å². The lowest BCUT2D eigenvalue weighted by molar-refractivity contribution is 0.0735. The molecule has 0 fully saturated rings. The Labute approximate surface area is 155 Å². The van der Waals surface area contributed by atoms with Crippen LogP contribution >= 0.6 is 0 Å². The number of hydrogen-bond donors (Lipinski definition) is 0. The third kappa shape index (κ3) is 3.25. The molecule has 4 nitrogen and oxygen atoms in total. The topological polar surface area (TPSA) is 56.5 Å². The van der Waals surface area contributed by atoms with Crippen LogP contribution in [0.1, 0.15) is 16.1 Å². The third-order valence-corrected chi connectivity index (χ3v) is 4.32. The lowest BCUT2D eigenvalue weighted by Gasteiger charge is -2.09. The maximum Gasteiger partial charge on any atom is 0.343 e. The van der Waals surface area contributed by atoms with Gasteiger partial charge in [-0.1, -0.05) is 48.5 Å². The third-order valence-electron chi connectivity index (χ3n) is 4.32. The molecule has 0 spiro atoms. The van der Waals surface area contributed by atoms with Gasteiger partial charge in [-0.25, -0.2) is 4.79 Å². The highest BCUT2D eigenvalue weighted by Gasteiger charge is 2.15. The van der Waals surface area contributed by atoms with Crippen LogP contribution in [-0.2, 0) is 0 Å². The zero-order valence-corrected chi connectivity index (χ0v) is 14.6. The van der Waals surface area contributed by atoms with Crippen molar-refractivity contribution in [3.8, 4) is 16.9 Å². The van der Waals surface area contributed by atoms with Crippen molar-refractivity contribution in [3.05, 3.63) is 100 Å². The number of aryl methyl sites for hydroxylation is 1. The smallest absolute Gasteiger partial charge is 0.343 e. The van der Waals surface area contributed by atoms with Gasteiger partial charge in [-0.05, 0) is 36.8 Å². The first-order valence-electron chi connectivity index (χ1n) is 8.53. The van der Waals surface area contributed by atoms with Gasteiger partial charge in [0.05, 0.1) is 16.5 Å². The zero-order chi connectivity index (χ0) is 18.8. The van der Waals surface area contributed by atoms with E-state index >= 15 is 0 Å². The average Bonchev–Trinajstić information content (AvgIpc) is 2.69. The standard InChI is InChI=1S/C23H16O4/c1-15-21(16-8-4-2-5-9-16)22(24)19-13-12-18(14-20(19)26-15)27-23(25)17-10-6-3-7-11-17/h2-14H,1H3. The number of hydrogen-bond acceptors (Lipinski definition) is 4. The molecule has 0 unspecified atom stereocenters.